The molecule has 9 nitrogen and oxygen atoms in total. The number of methoxy groups -OCH3 is 2. The Hall–Kier alpha value is -3.01. The van der Waals surface area contributed by atoms with Crippen LogP contribution in [0.15, 0.2) is 33.8 Å². The molecule has 0 radical (unpaired) electrons. The van der Waals surface area contributed by atoms with Gasteiger partial charge in [0.05, 0.1) is 38.6 Å². The summed E-state index contributed by atoms with van der Waals surface area (Å²) in [5.41, 5.74) is 1.27. The lowest BCUT2D eigenvalue weighted by atomic mass is 9.83. The molecule has 1 saturated carbocycles. The molecule has 2 aliphatic heterocycles. The molecule has 1 aromatic heterocycles. The minimum atomic E-state index is -0.374. The molecule has 0 spiro atoms. The van der Waals surface area contributed by atoms with E-state index in [2.05, 4.69) is 5.16 Å². The highest BCUT2D eigenvalue weighted by Gasteiger charge is 2.46. The Balaban J connectivity index is 1.18. The van der Waals surface area contributed by atoms with Crippen molar-refractivity contribution in [1.82, 2.24) is 10.1 Å². The maximum atomic E-state index is 13.1. The number of thioether (sulfide) groups is 1. The van der Waals surface area contributed by atoms with Crippen molar-refractivity contribution in [2.24, 2.45) is 10.9 Å². The maximum absolute atomic E-state index is 13.1. The molecule has 2 fully saturated rings. The van der Waals surface area contributed by atoms with Crippen LogP contribution < -0.4 is 9.47 Å². The molecule has 3 heterocycles. The molecular weight excluding hydrogens is 458 g/mol. The van der Waals surface area contributed by atoms with Gasteiger partial charge in [-0.3, -0.25) is 19.5 Å². The number of benzene rings is 1. The quantitative estimate of drug-likeness (QED) is 0.548. The van der Waals surface area contributed by atoms with Gasteiger partial charge in [0.25, 0.3) is 0 Å². The zero-order chi connectivity index (χ0) is 23.7. The number of nitrogens with zero attached hydrogens (tertiary/aromatic N) is 3. The second kappa shape index (κ2) is 9.69. The van der Waals surface area contributed by atoms with Crippen LogP contribution in [0.5, 0.6) is 11.5 Å². The Bertz CT molecular complexity index is 1120. The third-order valence-corrected chi connectivity index (χ3v) is 7.66. The fourth-order valence-electron chi connectivity index (χ4n) is 4.78. The van der Waals surface area contributed by atoms with Gasteiger partial charge in [0.15, 0.2) is 22.4 Å². The first-order chi connectivity index (χ1) is 16.6. The van der Waals surface area contributed by atoms with Crippen molar-refractivity contribution in [2.75, 3.05) is 20.0 Å². The van der Waals surface area contributed by atoms with Gasteiger partial charge in [-0.1, -0.05) is 29.8 Å². The first-order valence-corrected chi connectivity index (χ1v) is 12.4. The predicted octanol–water partition coefficient (Wildman–Crippen LogP) is 3.66. The topological polar surface area (TPSA) is 103 Å². The van der Waals surface area contributed by atoms with E-state index in [0.29, 0.717) is 28.7 Å². The third kappa shape index (κ3) is 4.38. The normalized spacial score (nSPS) is 23.7. The molecule has 2 aromatic rings. The number of amides is 1. The van der Waals surface area contributed by atoms with Gasteiger partial charge in [-0.25, -0.2) is 0 Å². The molecule has 0 N–H and O–H groups in total. The van der Waals surface area contributed by atoms with E-state index in [-0.39, 0.29) is 42.9 Å². The van der Waals surface area contributed by atoms with Crippen molar-refractivity contribution >= 4 is 28.8 Å². The van der Waals surface area contributed by atoms with Crippen LogP contribution in [0.3, 0.4) is 0 Å². The average molecular weight is 486 g/mol. The Kier molecular flexibility index (Phi) is 6.49. The molecule has 1 saturated heterocycles. The number of aliphatic imine (C=N–C) groups is 1. The SMILES string of the molecule is COc1ccc(-c2cc(COC(=O)CC3CSC4=NC5CCCCC5C(=O)N43)no2)cc1OC. The van der Waals surface area contributed by atoms with Gasteiger partial charge in [0.1, 0.15) is 12.3 Å². The minimum Gasteiger partial charge on any atom is -0.493 e. The molecule has 3 unspecified atom stereocenters. The van der Waals surface area contributed by atoms with Gasteiger partial charge in [0, 0.05) is 17.4 Å². The maximum Gasteiger partial charge on any atom is 0.308 e. The largest absolute Gasteiger partial charge is 0.493 e. The molecule has 1 amide bonds. The molecular formula is C24H27N3O6S. The van der Waals surface area contributed by atoms with Gasteiger partial charge >= 0.3 is 5.97 Å². The summed E-state index contributed by atoms with van der Waals surface area (Å²) in [5, 5.41) is 4.77. The fourth-order valence-corrected chi connectivity index (χ4v) is 5.98. The first kappa shape index (κ1) is 22.8. The van der Waals surface area contributed by atoms with Gasteiger partial charge in [0.2, 0.25) is 5.91 Å². The molecule has 0 bridgehead atoms. The Morgan fingerprint density at radius 3 is 2.82 bits per heavy atom. The standard InChI is InChI=1S/C24H27N3O6S/c1-30-19-8-7-14(9-21(19)31-2)20-10-15(26-33-20)12-32-22(28)11-16-13-34-24-25-18-6-4-3-5-17(18)23(29)27(16)24/h7-10,16-18H,3-6,11-13H2,1-2H3. The lowest BCUT2D eigenvalue weighted by Crippen LogP contribution is -2.50. The van der Waals surface area contributed by atoms with Gasteiger partial charge < -0.3 is 18.7 Å². The second-order valence-electron chi connectivity index (χ2n) is 8.66. The van der Waals surface area contributed by atoms with E-state index in [1.807, 2.05) is 6.07 Å². The second-order valence-corrected chi connectivity index (χ2v) is 9.65. The molecule has 5 rings (SSSR count). The number of carbonyl (C=O) groups is 2. The number of rotatable bonds is 7. The van der Waals surface area contributed by atoms with Crippen LogP contribution in [0, 0.1) is 5.92 Å². The van der Waals surface area contributed by atoms with E-state index >= 15 is 0 Å². The summed E-state index contributed by atoms with van der Waals surface area (Å²) in [6, 6.07) is 7.02. The van der Waals surface area contributed by atoms with Crippen molar-refractivity contribution in [3.63, 3.8) is 0 Å². The number of esters is 1. The monoisotopic (exact) mass is 485 g/mol. The highest BCUT2D eigenvalue weighted by Crippen LogP contribution is 2.39. The molecule has 10 heteroatoms. The lowest BCUT2D eigenvalue weighted by molar-refractivity contribution is -0.147. The van der Waals surface area contributed by atoms with Crippen molar-refractivity contribution in [2.45, 2.75) is 50.8 Å². The summed E-state index contributed by atoms with van der Waals surface area (Å²) >= 11 is 1.56. The van der Waals surface area contributed by atoms with Gasteiger partial charge in [-0.05, 0) is 31.0 Å². The highest BCUT2D eigenvalue weighted by atomic mass is 32.2. The Morgan fingerprint density at radius 1 is 1.18 bits per heavy atom. The summed E-state index contributed by atoms with van der Waals surface area (Å²) in [7, 11) is 3.14. The van der Waals surface area contributed by atoms with Gasteiger partial charge in [-0.2, -0.15) is 0 Å². The Labute approximate surface area is 201 Å². The number of hydrogen-bond acceptors (Lipinski definition) is 9. The summed E-state index contributed by atoms with van der Waals surface area (Å²) in [5.74, 6) is 2.08. The molecule has 1 aliphatic carbocycles. The number of carbonyl (C=O) groups excluding carboxylic acids is 2. The van der Waals surface area contributed by atoms with Crippen LogP contribution in [0.2, 0.25) is 0 Å². The van der Waals surface area contributed by atoms with Crippen LogP contribution >= 0.6 is 11.8 Å². The van der Waals surface area contributed by atoms with E-state index in [4.69, 9.17) is 23.7 Å². The molecule has 3 atom stereocenters. The molecule has 180 valence electrons. The summed E-state index contributed by atoms with van der Waals surface area (Å²) in [4.78, 5) is 32.2. The minimum absolute atomic E-state index is 0.00488. The third-order valence-electron chi connectivity index (χ3n) is 6.55. The highest BCUT2D eigenvalue weighted by molar-refractivity contribution is 8.14. The van der Waals surface area contributed by atoms with E-state index < -0.39 is 0 Å². The van der Waals surface area contributed by atoms with Crippen LogP contribution in [-0.2, 0) is 20.9 Å². The van der Waals surface area contributed by atoms with E-state index in [1.54, 1.807) is 49.1 Å². The van der Waals surface area contributed by atoms with E-state index in [9.17, 15) is 9.59 Å². The average Bonchev–Trinajstić information content (AvgIpc) is 3.50. The Morgan fingerprint density at radius 2 is 2.00 bits per heavy atom. The summed E-state index contributed by atoms with van der Waals surface area (Å²) < 4.78 is 21.4. The number of ether oxygens (including phenoxy) is 3. The summed E-state index contributed by atoms with van der Waals surface area (Å²) in [6.07, 6.45) is 4.18. The van der Waals surface area contributed by atoms with Crippen LogP contribution in [0.4, 0.5) is 0 Å². The molecule has 1 aromatic carbocycles. The summed E-state index contributed by atoms with van der Waals surface area (Å²) in [6.45, 7) is -0.00488. The van der Waals surface area contributed by atoms with Crippen LogP contribution in [0.25, 0.3) is 11.3 Å². The van der Waals surface area contributed by atoms with Crippen molar-refractivity contribution in [3.8, 4) is 22.8 Å². The number of fused-ring (bicyclic) bond motifs is 2. The number of hydrogen-bond donors (Lipinski definition) is 0. The van der Waals surface area contributed by atoms with Crippen LogP contribution in [-0.4, -0.2) is 59.2 Å². The zero-order valence-corrected chi connectivity index (χ0v) is 20.0. The molecule has 3 aliphatic rings. The first-order valence-electron chi connectivity index (χ1n) is 11.4. The number of aromatic nitrogens is 1. The van der Waals surface area contributed by atoms with Crippen LogP contribution in [0.1, 0.15) is 37.8 Å². The smallest absolute Gasteiger partial charge is 0.308 e. The van der Waals surface area contributed by atoms with E-state index in [1.165, 1.54) is 0 Å². The van der Waals surface area contributed by atoms with Crippen molar-refractivity contribution < 1.29 is 28.3 Å². The van der Waals surface area contributed by atoms with Gasteiger partial charge in [-0.15, -0.1) is 0 Å². The van der Waals surface area contributed by atoms with Crippen molar-refractivity contribution in [3.05, 3.63) is 30.0 Å². The predicted molar refractivity (Wildman–Crippen MR) is 126 cm³/mol. The fraction of sp³-hybridized carbons (Fsp3) is 0.500. The van der Waals surface area contributed by atoms with Crippen molar-refractivity contribution in [1.29, 1.82) is 0 Å². The number of amidine groups is 1. The molecule has 34 heavy (non-hydrogen) atoms. The zero-order valence-electron chi connectivity index (χ0n) is 19.2. The van der Waals surface area contributed by atoms with E-state index in [0.717, 1.165) is 36.4 Å². The lowest BCUT2D eigenvalue weighted by Gasteiger charge is -2.37.